The molecule has 0 unspecified atom stereocenters. The lowest BCUT2D eigenvalue weighted by Gasteiger charge is -2.04. The number of carbonyl (C=O) groups is 1. The molecule has 1 N–H and O–H groups in total. The lowest BCUT2D eigenvalue weighted by atomic mass is 10.2. The van der Waals surface area contributed by atoms with Crippen LogP contribution in [-0.2, 0) is 4.79 Å². The SMILES string of the molecule is CC(=O)Nc1c(F)cccc1C#N. The number of nitriles is 1. The second-order valence-electron chi connectivity index (χ2n) is 2.46. The summed E-state index contributed by atoms with van der Waals surface area (Å²) in [5.74, 6) is -1.00. The molecule has 1 rings (SSSR count). The van der Waals surface area contributed by atoms with Crippen LogP contribution in [0.2, 0.25) is 0 Å². The van der Waals surface area contributed by atoms with Crippen molar-refractivity contribution in [2.75, 3.05) is 5.32 Å². The van der Waals surface area contributed by atoms with Gasteiger partial charge in [-0.2, -0.15) is 5.26 Å². The van der Waals surface area contributed by atoms with Crippen molar-refractivity contribution in [2.24, 2.45) is 0 Å². The van der Waals surface area contributed by atoms with Gasteiger partial charge in [0.25, 0.3) is 0 Å². The van der Waals surface area contributed by atoms with E-state index in [0.717, 1.165) is 0 Å². The van der Waals surface area contributed by atoms with Gasteiger partial charge in [0.15, 0.2) is 0 Å². The molecule has 66 valence electrons. The number of benzene rings is 1. The second kappa shape index (κ2) is 3.68. The summed E-state index contributed by atoms with van der Waals surface area (Å²) < 4.78 is 13.0. The fourth-order valence-electron chi connectivity index (χ4n) is 0.920. The van der Waals surface area contributed by atoms with E-state index in [0.29, 0.717) is 0 Å². The average Bonchev–Trinajstić information content (AvgIpc) is 2.08. The summed E-state index contributed by atoms with van der Waals surface area (Å²) in [6.07, 6.45) is 0. The first kappa shape index (κ1) is 9.20. The fraction of sp³-hybridized carbons (Fsp3) is 0.111. The first-order chi connectivity index (χ1) is 6.15. The molecule has 0 bridgehead atoms. The van der Waals surface area contributed by atoms with Crippen LogP contribution in [0.15, 0.2) is 18.2 Å². The molecule has 0 radical (unpaired) electrons. The van der Waals surface area contributed by atoms with Crippen LogP contribution < -0.4 is 5.32 Å². The lowest BCUT2D eigenvalue weighted by molar-refractivity contribution is -0.114. The molecule has 0 aliphatic heterocycles. The second-order valence-corrected chi connectivity index (χ2v) is 2.46. The summed E-state index contributed by atoms with van der Waals surface area (Å²) in [5, 5.41) is 10.8. The van der Waals surface area contributed by atoms with E-state index in [2.05, 4.69) is 5.32 Å². The molecule has 0 spiro atoms. The Kier molecular flexibility index (Phi) is 2.60. The Morgan fingerprint density at radius 2 is 2.31 bits per heavy atom. The molecule has 0 atom stereocenters. The highest BCUT2D eigenvalue weighted by Gasteiger charge is 2.08. The molecule has 4 heteroatoms. The smallest absolute Gasteiger partial charge is 0.221 e. The highest BCUT2D eigenvalue weighted by atomic mass is 19.1. The molecule has 0 aliphatic carbocycles. The molecular formula is C9H7FN2O. The lowest BCUT2D eigenvalue weighted by Crippen LogP contribution is -2.09. The van der Waals surface area contributed by atoms with E-state index in [4.69, 9.17) is 5.26 Å². The van der Waals surface area contributed by atoms with Crippen LogP contribution in [0.3, 0.4) is 0 Å². The van der Waals surface area contributed by atoms with Crippen LogP contribution in [-0.4, -0.2) is 5.91 Å². The Labute approximate surface area is 74.8 Å². The summed E-state index contributed by atoms with van der Waals surface area (Å²) in [4.78, 5) is 10.6. The van der Waals surface area contributed by atoms with Gasteiger partial charge in [0, 0.05) is 6.92 Å². The van der Waals surface area contributed by atoms with Crippen LogP contribution in [0.5, 0.6) is 0 Å². The first-order valence-corrected chi connectivity index (χ1v) is 3.61. The third-order valence-electron chi connectivity index (χ3n) is 1.44. The number of anilines is 1. The number of hydrogen-bond acceptors (Lipinski definition) is 2. The Balaban J connectivity index is 3.17. The maximum absolute atomic E-state index is 13.0. The molecule has 0 aliphatic rings. The van der Waals surface area contributed by atoms with Crippen LogP contribution >= 0.6 is 0 Å². The molecule has 0 saturated carbocycles. The van der Waals surface area contributed by atoms with Gasteiger partial charge in [-0.3, -0.25) is 4.79 Å². The zero-order valence-electron chi connectivity index (χ0n) is 6.97. The van der Waals surface area contributed by atoms with E-state index in [-0.39, 0.29) is 11.3 Å². The summed E-state index contributed by atoms with van der Waals surface area (Å²) in [7, 11) is 0. The Morgan fingerprint density at radius 1 is 1.62 bits per heavy atom. The largest absolute Gasteiger partial charge is 0.323 e. The van der Waals surface area contributed by atoms with Gasteiger partial charge < -0.3 is 5.32 Å². The third-order valence-corrected chi connectivity index (χ3v) is 1.44. The monoisotopic (exact) mass is 178 g/mol. The van der Waals surface area contributed by atoms with Crippen LogP contribution in [0.25, 0.3) is 0 Å². The number of carbonyl (C=O) groups excluding carboxylic acids is 1. The van der Waals surface area contributed by atoms with Crippen LogP contribution in [0, 0.1) is 17.1 Å². The third kappa shape index (κ3) is 2.03. The average molecular weight is 178 g/mol. The Hall–Kier alpha value is -1.89. The van der Waals surface area contributed by atoms with Crippen molar-refractivity contribution in [3.05, 3.63) is 29.6 Å². The van der Waals surface area contributed by atoms with Gasteiger partial charge >= 0.3 is 0 Å². The van der Waals surface area contributed by atoms with Crippen molar-refractivity contribution in [1.82, 2.24) is 0 Å². The number of nitrogens with one attached hydrogen (secondary N) is 1. The molecule has 1 amide bonds. The molecular weight excluding hydrogens is 171 g/mol. The van der Waals surface area contributed by atoms with Crippen molar-refractivity contribution in [2.45, 2.75) is 6.92 Å². The van der Waals surface area contributed by atoms with Crippen LogP contribution in [0.4, 0.5) is 10.1 Å². The summed E-state index contributed by atoms with van der Waals surface area (Å²) >= 11 is 0. The molecule has 1 aromatic rings. The van der Waals surface area contributed by atoms with E-state index in [1.807, 2.05) is 0 Å². The predicted molar refractivity (Wildman–Crippen MR) is 45.4 cm³/mol. The van der Waals surface area contributed by atoms with Crippen molar-refractivity contribution in [1.29, 1.82) is 5.26 Å². The normalized spacial score (nSPS) is 9.00. The molecule has 0 aromatic heterocycles. The van der Waals surface area contributed by atoms with Gasteiger partial charge in [-0.15, -0.1) is 0 Å². The summed E-state index contributed by atoms with van der Waals surface area (Å²) in [6, 6.07) is 5.83. The minimum absolute atomic E-state index is 0.0579. The first-order valence-electron chi connectivity index (χ1n) is 3.61. The minimum Gasteiger partial charge on any atom is -0.323 e. The summed E-state index contributed by atoms with van der Waals surface area (Å²) in [5.41, 5.74) is 0.0627. The van der Waals surface area contributed by atoms with Gasteiger partial charge in [-0.05, 0) is 12.1 Å². The molecule has 0 fully saturated rings. The van der Waals surface area contributed by atoms with E-state index >= 15 is 0 Å². The van der Waals surface area contributed by atoms with E-state index < -0.39 is 11.7 Å². The molecule has 3 nitrogen and oxygen atoms in total. The maximum atomic E-state index is 13.0. The van der Waals surface area contributed by atoms with Gasteiger partial charge in [0.05, 0.1) is 11.3 Å². The molecule has 0 heterocycles. The predicted octanol–water partition coefficient (Wildman–Crippen LogP) is 1.66. The zero-order valence-corrected chi connectivity index (χ0v) is 6.97. The van der Waals surface area contributed by atoms with E-state index in [9.17, 15) is 9.18 Å². The number of rotatable bonds is 1. The standard InChI is InChI=1S/C9H7FN2O/c1-6(13)12-9-7(5-11)3-2-4-8(9)10/h2-4H,1H3,(H,12,13). The zero-order chi connectivity index (χ0) is 9.84. The van der Waals surface area contributed by atoms with Crippen molar-refractivity contribution in [3.8, 4) is 6.07 Å². The van der Waals surface area contributed by atoms with Gasteiger partial charge in [-0.25, -0.2) is 4.39 Å². The number of nitrogens with zero attached hydrogens (tertiary/aromatic N) is 1. The van der Waals surface area contributed by atoms with Gasteiger partial charge in [0.1, 0.15) is 11.9 Å². The van der Waals surface area contributed by atoms with Crippen molar-refractivity contribution < 1.29 is 9.18 Å². The highest BCUT2D eigenvalue weighted by Crippen LogP contribution is 2.18. The highest BCUT2D eigenvalue weighted by molar-refractivity contribution is 5.90. The summed E-state index contributed by atoms with van der Waals surface area (Å²) in [6.45, 7) is 1.26. The molecule has 0 saturated heterocycles. The molecule has 13 heavy (non-hydrogen) atoms. The van der Waals surface area contributed by atoms with Crippen LogP contribution in [0.1, 0.15) is 12.5 Å². The maximum Gasteiger partial charge on any atom is 0.221 e. The van der Waals surface area contributed by atoms with Gasteiger partial charge in [-0.1, -0.05) is 6.07 Å². The van der Waals surface area contributed by atoms with Gasteiger partial charge in [0.2, 0.25) is 5.91 Å². The quantitative estimate of drug-likeness (QED) is 0.710. The Bertz CT molecular complexity index is 382. The topological polar surface area (TPSA) is 52.9 Å². The molecule has 1 aromatic carbocycles. The number of hydrogen-bond donors (Lipinski definition) is 1. The minimum atomic E-state index is -0.603. The fourth-order valence-corrected chi connectivity index (χ4v) is 0.920. The van der Waals surface area contributed by atoms with E-state index in [1.165, 1.54) is 25.1 Å². The number of halogens is 1. The Morgan fingerprint density at radius 3 is 2.85 bits per heavy atom. The number of amides is 1. The van der Waals surface area contributed by atoms with Crippen molar-refractivity contribution >= 4 is 11.6 Å². The number of para-hydroxylation sites is 1. The van der Waals surface area contributed by atoms with Crippen molar-refractivity contribution in [3.63, 3.8) is 0 Å². The van der Waals surface area contributed by atoms with E-state index in [1.54, 1.807) is 6.07 Å².